The molecule has 0 unspecified atom stereocenters. The van der Waals surface area contributed by atoms with Crippen LogP contribution >= 0.6 is 0 Å². The van der Waals surface area contributed by atoms with Gasteiger partial charge in [-0.15, -0.1) is 0 Å². The number of carbonyl (C=O) groups is 1. The minimum absolute atomic E-state index is 0.0553. The first-order chi connectivity index (χ1) is 11.3. The van der Waals surface area contributed by atoms with E-state index in [0.29, 0.717) is 11.4 Å². The second-order valence-corrected chi connectivity index (χ2v) is 7.12. The van der Waals surface area contributed by atoms with Crippen LogP contribution in [0.5, 0.6) is 5.75 Å². The number of benzene rings is 2. The van der Waals surface area contributed by atoms with Crippen LogP contribution < -0.4 is 14.8 Å². The zero-order valence-electron chi connectivity index (χ0n) is 13.8. The van der Waals surface area contributed by atoms with E-state index in [1.165, 1.54) is 32.2 Å². The molecule has 0 radical (unpaired) electrons. The predicted octanol–water partition coefficient (Wildman–Crippen LogP) is 2.44. The molecule has 6 nitrogen and oxygen atoms in total. The zero-order chi connectivity index (χ0) is 17.7. The van der Waals surface area contributed by atoms with Gasteiger partial charge >= 0.3 is 0 Å². The van der Waals surface area contributed by atoms with Crippen molar-refractivity contribution < 1.29 is 17.9 Å². The number of anilines is 1. The number of carbonyl (C=O) groups excluding carboxylic acids is 1. The maximum absolute atomic E-state index is 12.5. The van der Waals surface area contributed by atoms with Crippen molar-refractivity contribution in [3.63, 3.8) is 0 Å². The van der Waals surface area contributed by atoms with Crippen molar-refractivity contribution in [3.8, 4) is 5.75 Å². The summed E-state index contributed by atoms with van der Waals surface area (Å²) in [5, 5.41) is 2.56. The number of sulfonamides is 1. The van der Waals surface area contributed by atoms with Crippen molar-refractivity contribution in [1.82, 2.24) is 4.72 Å². The Labute approximate surface area is 141 Å². The van der Waals surface area contributed by atoms with Crippen LogP contribution in [-0.2, 0) is 21.4 Å². The highest BCUT2D eigenvalue weighted by molar-refractivity contribution is 7.89. The van der Waals surface area contributed by atoms with Crippen molar-refractivity contribution in [1.29, 1.82) is 0 Å². The summed E-state index contributed by atoms with van der Waals surface area (Å²) in [6.07, 6.45) is 0. The second-order valence-electron chi connectivity index (χ2n) is 5.36. The Bertz CT molecular complexity index is 847. The first-order valence-corrected chi connectivity index (χ1v) is 8.81. The zero-order valence-corrected chi connectivity index (χ0v) is 14.6. The fraction of sp³-hybridized carbons (Fsp3) is 0.235. The van der Waals surface area contributed by atoms with Gasteiger partial charge in [-0.3, -0.25) is 4.79 Å². The molecule has 2 N–H and O–H groups in total. The third-order valence-electron chi connectivity index (χ3n) is 3.34. The largest absolute Gasteiger partial charge is 0.495 e. The van der Waals surface area contributed by atoms with Gasteiger partial charge in [0, 0.05) is 13.5 Å². The Morgan fingerprint density at radius 1 is 1.17 bits per heavy atom. The maximum atomic E-state index is 12.5. The summed E-state index contributed by atoms with van der Waals surface area (Å²) >= 11 is 0. The molecule has 0 aliphatic heterocycles. The molecule has 128 valence electrons. The highest BCUT2D eigenvalue weighted by atomic mass is 32.2. The molecule has 0 saturated heterocycles. The number of nitrogens with one attached hydrogen (secondary N) is 2. The third-order valence-corrected chi connectivity index (χ3v) is 4.74. The van der Waals surface area contributed by atoms with Gasteiger partial charge < -0.3 is 10.1 Å². The molecular weight excluding hydrogens is 328 g/mol. The van der Waals surface area contributed by atoms with E-state index in [1.54, 1.807) is 0 Å². The fourth-order valence-electron chi connectivity index (χ4n) is 2.23. The lowest BCUT2D eigenvalue weighted by Gasteiger charge is -2.12. The maximum Gasteiger partial charge on any atom is 0.240 e. The quantitative estimate of drug-likeness (QED) is 0.840. The number of hydrogen-bond donors (Lipinski definition) is 2. The Morgan fingerprint density at radius 3 is 2.54 bits per heavy atom. The van der Waals surface area contributed by atoms with E-state index in [9.17, 15) is 13.2 Å². The smallest absolute Gasteiger partial charge is 0.240 e. The van der Waals surface area contributed by atoms with Crippen molar-refractivity contribution in [2.24, 2.45) is 0 Å². The fourth-order valence-corrected chi connectivity index (χ4v) is 3.27. The average molecular weight is 348 g/mol. The van der Waals surface area contributed by atoms with Gasteiger partial charge in [0.2, 0.25) is 15.9 Å². The monoisotopic (exact) mass is 348 g/mol. The molecule has 2 aromatic rings. The summed E-state index contributed by atoms with van der Waals surface area (Å²) < 4.78 is 32.6. The topological polar surface area (TPSA) is 84.5 Å². The van der Waals surface area contributed by atoms with Crippen LogP contribution in [0.15, 0.2) is 47.4 Å². The molecule has 0 aliphatic carbocycles. The number of amides is 1. The number of hydrogen-bond acceptors (Lipinski definition) is 4. The normalized spacial score (nSPS) is 11.1. The molecule has 2 rings (SSSR count). The lowest BCUT2D eigenvalue weighted by atomic mass is 10.1. The molecular formula is C17H20N2O4S. The van der Waals surface area contributed by atoms with Gasteiger partial charge in [-0.2, -0.15) is 0 Å². The molecule has 0 atom stereocenters. The van der Waals surface area contributed by atoms with Crippen molar-refractivity contribution in [2.75, 3.05) is 12.4 Å². The summed E-state index contributed by atoms with van der Waals surface area (Å²) in [6, 6.07) is 11.9. The first-order valence-electron chi connectivity index (χ1n) is 7.32. The second kappa shape index (κ2) is 7.46. The number of methoxy groups -OCH3 is 1. The predicted molar refractivity (Wildman–Crippen MR) is 92.5 cm³/mol. The van der Waals surface area contributed by atoms with Crippen LogP contribution in [0, 0.1) is 6.92 Å². The summed E-state index contributed by atoms with van der Waals surface area (Å²) in [5.74, 6) is 0.0819. The number of ether oxygens (including phenoxy) is 1. The Balaban J connectivity index is 2.23. The van der Waals surface area contributed by atoms with Gasteiger partial charge in [0.25, 0.3) is 0 Å². The van der Waals surface area contributed by atoms with E-state index in [4.69, 9.17) is 4.74 Å². The van der Waals surface area contributed by atoms with Crippen LogP contribution in [0.1, 0.15) is 18.1 Å². The molecule has 0 spiro atoms. The molecule has 2 aromatic carbocycles. The van der Waals surface area contributed by atoms with E-state index >= 15 is 0 Å². The summed E-state index contributed by atoms with van der Waals surface area (Å²) in [5.41, 5.74) is 2.24. The molecule has 0 heterocycles. The molecule has 0 bridgehead atoms. The SMILES string of the molecule is COc1ccc(S(=O)(=O)NCc2cccc(C)c2)cc1NC(C)=O. The Hall–Kier alpha value is -2.38. The van der Waals surface area contributed by atoms with Crippen molar-refractivity contribution in [2.45, 2.75) is 25.3 Å². The van der Waals surface area contributed by atoms with Gasteiger partial charge in [-0.1, -0.05) is 29.8 Å². The summed E-state index contributed by atoms with van der Waals surface area (Å²) in [4.78, 5) is 11.3. The van der Waals surface area contributed by atoms with Gasteiger partial charge in [0.05, 0.1) is 17.7 Å². The molecule has 1 amide bonds. The summed E-state index contributed by atoms with van der Waals surface area (Å²) in [7, 11) is -2.26. The lowest BCUT2D eigenvalue weighted by molar-refractivity contribution is -0.114. The van der Waals surface area contributed by atoms with Crippen LogP contribution in [0.2, 0.25) is 0 Å². The van der Waals surface area contributed by atoms with Gasteiger partial charge in [-0.05, 0) is 30.7 Å². The van der Waals surface area contributed by atoms with Gasteiger partial charge in [0.15, 0.2) is 0 Å². The molecule has 24 heavy (non-hydrogen) atoms. The highest BCUT2D eigenvalue weighted by Crippen LogP contribution is 2.27. The standard InChI is InChI=1S/C17H20N2O4S/c1-12-5-4-6-14(9-12)11-18-24(21,22)15-7-8-17(23-3)16(10-15)19-13(2)20/h4-10,18H,11H2,1-3H3,(H,19,20). The Morgan fingerprint density at radius 2 is 1.92 bits per heavy atom. The number of rotatable bonds is 6. The van der Waals surface area contributed by atoms with Crippen molar-refractivity contribution in [3.05, 3.63) is 53.6 Å². The van der Waals surface area contributed by atoms with Gasteiger partial charge in [-0.25, -0.2) is 13.1 Å². The molecule has 0 aromatic heterocycles. The number of aryl methyl sites for hydroxylation is 1. The van der Waals surface area contributed by atoms with Crippen LogP contribution in [0.3, 0.4) is 0 Å². The van der Waals surface area contributed by atoms with Crippen LogP contribution in [-0.4, -0.2) is 21.4 Å². The van der Waals surface area contributed by atoms with Crippen molar-refractivity contribution >= 4 is 21.6 Å². The van der Waals surface area contributed by atoms with E-state index in [-0.39, 0.29) is 17.3 Å². The minimum atomic E-state index is -3.71. The average Bonchev–Trinajstić information content (AvgIpc) is 2.52. The van der Waals surface area contributed by atoms with E-state index in [0.717, 1.165) is 11.1 Å². The van der Waals surface area contributed by atoms with E-state index < -0.39 is 10.0 Å². The third kappa shape index (κ3) is 4.56. The lowest BCUT2D eigenvalue weighted by Crippen LogP contribution is -2.23. The molecule has 0 aliphatic rings. The van der Waals surface area contributed by atoms with E-state index in [1.807, 2.05) is 31.2 Å². The first kappa shape index (κ1) is 18.0. The molecule has 0 fully saturated rings. The van der Waals surface area contributed by atoms with Gasteiger partial charge in [0.1, 0.15) is 5.75 Å². The van der Waals surface area contributed by atoms with E-state index in [2.05, 4.69) is 10.0 Å². The minimum Gasteiger partial charge on any atom is -0.495 e. The molecule has 7 heteroatoms. The Kier molecular flexibility index (Phi) is 5.58. The molecule has 0 saturated carbocycles. The van der Waals surface area contributed by atoms with Crippen LogP contribution in [0.25, 0.3) is 0 Å². The van der Waals surface area contributed by atoms with Crippen LogP contribution in [0.4, 0.5) is 5.69 Å². The summed E-state index contributed by atoms with van der Waals surface area (Å²) in [6.45, 7) is 3.48. The highest BCUT2D eigenvalue weighted by Gasteiger charge is 2.17.